The Balaban J connectivity index is 1.39. The summed E-state index contributed by atoms with van der Waals surface area (Å²) in [7, 11) is 0. The minimum absolute atomic E-state index is 0.0129. The fourth-order valence-electron chi connectivity index (χ4n) is 4.14. The van der Waals surface area contributed by atoms with E-state index in [1.807, 2.05) is 6.07 Å². The van der Waals surface area contributed by atoms with Gasteiger partial charge in [0.1, 0.15) is 6.54 Å². The number of nitrogens with one attached hydrogen (secondary N) is 2. The molecule has 3 rings (SSSR count). The molecule has 0 unspecified atom stereocenters. The maximum absolute atomic E-state index is 12.5. The topological polar surface area (TPSA) is 74.8 Å². The van der Waals surface area contributed by atoms with Crippen molar-refractivity contribution in [1.82, 2.24) is 10.6 Å². The second-order valence-corrected chi connectivity index (χ2v) is 7.77. The van der Waals surface area contributed by atoms with Gasteiger partial charge in [-0.25, -0.2) is 0 Å². The molecule has 2 aliphatic rings. The zero-order valence-corrected chi connectivity index (χ0v) is 15.8. The number of amides is 2. The molecule has 0 bridgehead atoms. The number of benzene rings is 1. The highest BCUT2D eigenvalue weighted by molar-refractivity contribution is 5.81. The molecule has 1 aliphatic heterocycles. The van der Waals surface area contributed by atoms with Crippen LogP contribution in [0.15, 0.2) is 24.3 Å². The summed E-state index contributed by atoms with van der Waals surface area (Å²) in [5.41, 5.74) is 2.64. The van der Waals surface area contributed by atoms with Crippen molar-refractivity contribution in [2.75, 3.05) is 13.1 Å². The van der Waals surface area contributed by atoms with Crippen LogP contribution in [-0.4, -0.2) is 30.9 Å². The third-order valence-electron chi connectivity index (χ3n) is 5.85. The van der Waals surface area contributed by atoms with Crippen molar-refractivity contribution < 1.29 is 14.9 Å². The third kappa shape index (κ3) is 4.85. The smallest absolute Gasteiger partial charge is 0.278 e. The third-order valence-corrected chi connectivity index (χ3v) is 5.85. The van der Waals surface area contributed by atoms with Gasteiger partial charge in [-0.05, 0) is 43.6 Å². The highest BCUT2D eigenvalue weighted by Gasteiger charge is 2.29. The van der Waals surface area contributed by atoms with E-state index in [0.29, 0.717) is 5.92 Å². The normalized spacial score (nSPS) is 25.2. The van der Waals surface area contributed by atoms with E-state index in [9.17, 15) is 9.59 Å². The molecule has 4 N–H and O–H groups in total. The number of hydrogen-bond donors (Lipinski definition) is 3. The molecule has 1 fully saturated rings. The summed E-state index contributed by atoms with van der Waals surface area (Å²) in [6, 6.07) is 8.38. The van der Waals surface area contributed by atoms with Crippen LogP contribution in [0.3, 0.4) is 0 Å². The molecule has 1 aliphatic carbocycles. The van der Waals surface area contributed by atoms with E-state index in [1.165, 1.54) is 11.1 Å². The lowest BCUT2D eigenvalue weighted by Crippen LogP contribution is -2.93. The fraction of sp³-hybridized carbons (Fsp3) is 0.619. The zero-order chi connectivity index (χ0) is 18.4. The Hall–Kier alpha value is -1.88. The predicted molar refractivity (Wildman–Crippen MR) is 101 cm³/mol. The largest absolute Gasteiger partial charge is 0.356 e. The fourth-order valence-corrected chi connectivity index (χ4v) is 4.14. The average Bonchev–Trinajstić information content (AvgIpc) is 2.70. The number of rotatable bonds is 6. The predicted octanol–water partition coefficient (Wildman–Crippen LogP) is 1.12. The first-order valence-electron chi connectivity index (χ1n) is 10.1. The lowest BCUT2D eigenvalue weighted by molar-refractivity contribution is -0.695. The number of hydrogen-bond acceptors (Lipinski definition) is 2. The van der Waals surface area contributed by atoms with Crippen molar-refractivity contribution in [3.05, 3.63) is 35.4 Å². The van der Waals surface area contributed by atoms with Crippen LogP contribution in [0.4, 0.5) is 0 Å². The summed E-state index contributed by atoms with van der Waals surface area (Å²) in [5, 5.41) is 8.31. The van der Waals surface area contributed by atoms with Crippen LogP contribution in [0.25, 0.3) is 0 Å². The molecule has 1 aromatic rings. The second-order valence-electron chi connectivity index (χ2n) is 7.77. The van der Waals surface area contributed by atoms with E-state index in [2.05, 4.69) is 41.1 Å². The van der Waals surface area contributed by atoms with Crippen molar-refractivity contribution in [1.29, 1.82) is 0 Å². The van der Waals surface area contributed by atoms with Gasteiger partial charge in [0.25, 0.3) is 5.91 Å². The van der Waals surface area contributed by atoms with Crippen molar-refractivity contribution in [2.45, 2.75) is 58.0 Å². The minimum atomic E-state index is -0.0129. The molecule has 1 atom stereocenters. The minimum Gasteiger partial charge on any atom is -0.356 e. The average molecular weight is 359 g/mol. The Morgan fingerprint density at radius 2 is 1.77 bits per heavy atom. The van der Waals surface area contributed by atoms with Gasteiger partial charge in [0.05, 0.1) is 0 Å². The van der Waals surface area contributed by atoms with Gasteiger partial charge >= 0.3 is 0 Å². The van der Waals surface area contributed by atoms with Crippen LogP contribution in [-0.2, 0) is 22.6 Å². The van der Waals surface area contributed by atoms with Gasteiger partial charge in [0.15, 0.2) is 6.04 Å². The van der Waals surface area contributed by atoms with Gasteiger partial charge in [-0.2, -0.15) is 0 Å². The highest BCUT2D eigenvalue weighted by Crippen LogP contribution is 2.28. The summed E-state index contributed by atoms with van der Waals surface area (Å²) in [5.74, 6) is 1.04. The monoisotopic (exact) mass is 358 g/mol. The Bertz CT molecular complexity index is 623. The van der Waals surface area contributed by atoms with Crippen LogP contribution >= 0.6 is 0 Å². The Morgan fingerprint density at radius 1 is 1.04 bits per heavy atom. The second kappa shape index (κ2) is 9.17. The SMILES string of the molecule is CCCNC(=O)C1CCC(CNC(=O)[C@@H]2Cc3ccccc3C[NH2+]2)CC1. The molecule has 0 saturated heterocycles. The zero-order valence-electron chi connectivity index (χ0n) is 15.8. The summed E-state index contributed by atoms with van der Waals surface area (Å²) in [6.45, 7) is 4.47. The van der Waals surface area contributed by atoms with Crippen LogP contribution in [0.2, 0.25) is 0 Å². The van der Waals surface area contributed by atoms with Crippen molar-refractivity contribution >= 4 is 11.8 Å². The number of carbonyl (C=O) groups excluding carboxylic acids is 2. The lowest BCUT2D eigenvalue weighted by Gasteiger charge is -2.28. The molecule has 5 nitrogen and oxygen atoms in total. The number of carbonyl (C=O) groups is 2. The first-order chi connectivity index (χ1) is 12.7. The molecule has 2 amide bonds. The van der Waals surface area contributed by atoms with E-state index in [4.69, 9.17) is 0 Å². The van der Waals surface area contributed by atoms with Gasteiger partial charge < -0.3 is 16.0 Å². The Labute approximate surface area is 156 Å². The van der Waals surface area contributed by atoms with E-state index >= 15 is 0 Å². The standard InChI is InChI=1S/C21H31N3O2/c1-2-11-22-20(25)16-9-7-15(8-10-16)13-24-21(26)19-12-17-5-3-4-6-18(17)14-23-19/h3-6,15-16,19,23H,2,7-14H2,1H3,(H,22,25)(H,24,26)/p+1/t15?,16?,19-/m0/s1. The molecule has 0 radical (unpaired) electrons. The summed E-state index contributed by atoms with van der Waals surface area (Å²) in [4.78, 5) is 24.6. The van der Waals surface area contributed by atoms with Crippen LogP contribution in [0, 0.1) is 11.8 Å². The first kappa shape index (κ1) is 18.9. The maximum Gasteiger partial charge on any atom is 0.278 e. The number of fused-ring (bicyclic) bond motifs is 1. The van der Waals surface area contributed by atoms with E-state index in [-0.39, 0.29) is 23.8 Å². The van der Waals surface area contributed by atoms with E-state index in [1.54, 1.807) is 0 Å². The molecule has 142 valence electrons. The van der Waals surface area contributed by atoms with Gasteiger partial charge in [0.2, 0.25) is 5.91 Å². The Kier molecular flexibility index (Phi) is 6.67. The van der Waals surface area contributed by atoms with Crippen molar-refractivity contribution in [2.24, 2.45) is 11.8 Å². The Morgan fingerprint density at radius 3 is 2.50 bits per heavy atom. The molecule has 26 heavy (non-hydrogen) atoms. The molecule has 0 aromatic heterocycles. The molecule has 5 heteroatoms. The van der Waals surface area contributed by atoms with Gasteiger partial charge in [-0.1, -0.05) is 31.2 Å². The summed E-state index contributed by atoms with van der Waals surface area (Å²) in [6.07, 6.45) is 5.74. The van der Waals surface area contributed by atoms with Crippen LogP contribution in [0.1, 0.15) is 50.2 Å². The van der Waals surface area contributed by atoms with Gasteiger partial charge in [-0.3, -0.25) is 9.59 Å². The van der Waals surface area contributed by atoms with Crippen molar-refractivity contribution in [3.63, 3.8) is 0 Å². The van der Waals surface area contributed by atoms with Gasteiger partial charge in [-0.15, -0.1) is 0 Å². The molecule has 1 heterocycles. The quantitative estimate of drug-likeness (QED) is 0.713. The highest BCUT2D eigenvalue weighted by atomic mass is 16.2. The maximum atomic E-state index is 12.5. The molecular weight excluding hydrogens is 326 g/mol. The molecule has 0 spiro atoms. The number of quaternary nitrogens is 1. The van der Waals surface area contributed by atoms with E-state index < -0.39 is 0 Å². The van der Waals surface area contributed by atoms with E-state index in [0.717, 1.165) is 58.2 Å². The summed E-state index contributed by atoms with van der Waals surface area (Å²) < 4.78 is 0. The summed E-state index contributed by atoms with van der Waals surface area (Å²) >= 11 is 0. The molecular formula is C21H32N3O2+. The molecule has 1 aromatic carbocycles. The van der Waals surface area contributed by atoms with Crippen LogP contribution < -0.4 is 16.0 Å². The number of nitrogens with two attached hydrogens (primary N) is 1. The van der Waals surface area contributed by atoms with Crippen LogP contribution in [0.5, 0.6) is 0 Å². The molecule has 1 saturated carbocycles. The van der Waals surface area contributed by atoms with Crippen molar-refractivity contribution in [3.8, 4) is 0 Å². The van der Waals surface area contributed by atoms with Gasteiger partial charge in [0, 0.05) is 31.0 Å². The lowest BCUT2D eigenvalue weighted by atomic mass is 9.81. The first-order valence-corrected chi connectivity index (χ1v) is 10.1.